The fourth-order valence-corrected chi connectivity index (χ4v) is 4.77. The van der Waals surface area contributed by atoms with Crippen molar-refractivity contribution in [2.24, 2.45) is 0 Å². The van der Waals surface area contributed by atoms with Crippen molar-refractivity contribution in [2.75, 3.05) is 5.32 Å². The third-order valence-electron chi connectivity index (χ3n) is 5.36. The Balaban J connectivity index is 1.42. The van der Waals surface area contributed by atoms with Gasteiger partial charge in [-0.3, -0.25) is 4.79 Å². The Morgan fingerprint density at radius 1 is 0.818 bits per heavy atom. The summed E-state index contributed by atoms with van der Waals surface area (Å²) in [7, 11) is -3.45. The lowest BCUT2D eigenvalue weighted by atomic mass is 10.1. The maximum absolute atomic E-state index is 12.7. The molecule has 0 radical (unpaired) electrons. The van der Waals surface area contributed by atoms with Crippen LogP contribution < -0.4 is 5.32 Å². The quantitative estimate of drug-likeness (QED) is 0.431. The lowest BCUT2D eigenvalue weighted by molar-refractivity contribution is 0.102. The number of aryl methyl sites for hydroxylation is 2. The molecule has 0 fully saturated rings. The molecule has 3 aromatic carbocycles. The van der Waals surface area contributed by atoms with Crippen molar-refractivity contribution in [2.45, 2.75) is 31.0 Å². The van der Waals surface area contributed by atoms with E-state index < -0.39 is 9.84 Å². The second-order valence-corrected chi connectivity index (χ2v) is 10.1. The standard InChI is InChI=1S/C26H25N3O3S/c1-19-3-7-21(8-4-19)17-29-25(15-16-27-29)28-26(30)23-11-9-22(10-12-23)18-33(31,32)24-13-5-20(2)6-14-24/h3-16H,17-18H2,1-2H3,(H,28,30). The van der Waals surface area contributed by atoms with Crippen molar-refractivity contribution >= 4 is 21.6 Å². The second kappa shape index (κ2) is 9.42. The molecule has 1 amide bonds. The summed E-state index contributed by atoms with van der Waals surface area (Å²) in [5.41, 5.74) is 4.33. The Bertz CT molecular complexity index is 1360. The Morgan fingerprint density at radius 2 is 1.39 bits per heavy atom. The van der Waals surface area contributed by atoms with Crippen molar-refractivity contribution in [3.05, 3.63) is 113 Å². The SMILES string of the molecule is Cc1ccc(Cn2nccc2NC(=O)c2ccc(CS(=O)(=O)c3ccc(C)cc3)cc2)cc1. The van der Waals surface area contributed by atoms with Crippen LogP contribution in [0.4, 0.5) is 5.82 Å². The van der Waals surface area contributed by atoms with Crippen LogP contribution in [-0.4, -0.2) is 24.1 Å². The molecule has 0 saturated heterocycles. The van der Waals surface area contributed by atoms with E-state index >= 15 is 0 Å². The minimum Gasteiger partial charge on any atom is -0.307 e. The van der Waals surface area contributed by atoms with Gasteiger partial charge in [0.05, 0.1) is 23.4 Å². The van der Waals surface area contributed by atoms with Gasteiger partial charge in [-0.2, -0.15) is 5.10 Å². The third-order valence-corrected chi connectivity index (χ3v) is 7.07. The van der Waals surface area contributed by atoms with Gasteiger partial charge in [0.25, 0.3) is 5.91 Å². The van der Waals surface area contributed by atoms with Gasteiger partial charge in [0, 0.05) is 11.6 Å². The predicted molar refractivity (Wildman–Crippen MR) is 129 cm³/mol. The van der Waals surface area contributed by atoms with Crippen LogP contribution in [0.3, 0.4) is 0 Å². The van der Waals surface area contributed by atoms with E-state index in [1.807, 2.05) is 38.1 Å². The zero-order chi connectivity index (χ0) is 23.4. The molecule has 0 aliphatic heterocycles. The van der Waals surface area contributed by atoms with E-state index in [-0.39, 0.29) is 16.6 Å². The van der Waals surface area contributed by atoms with Gasteiger partial charge >= 0.3 is 0 Å². The summed E-state index contributed by atoms with van der Waals surface area (Å²) < 4.78 is 27.0. The monoisotopic (exact) mass is 459 g/mol. The Morgan fingerprint density at radius 3 is 2.03 bits per heavy atom. The second-order valence-electron chi connectivity index (χ2n) is 8.08. The van der Waals surface area contributed by atoms with Crippen LogP contribution in [0.15, 0.2) is 90.0 Å². The molecule has 168 valence electrons. The van der Waals surface area contributed by atoms with E-state index in [4.69, 9.17) is 0 Å². The van der Waals surface area contributed by atoms with Crippen LogP contribution in [0, 0.1) is 13.8 Å². The first-order valence-electron chi connectivity index (χ1n) is 10.6. The maximum atomic E-state index is 12.7. The fourth-order valence-electron chi connectivity index (χ4n) is 3.42. The number of carbonyl (C=O) groups is 1. The predicted octanol–water partition coefficient (Wildman–Crippen LogP) is 4.77. The molecule has 0 bridgehead atoms. The van der Waals surface area contributed by atoms with Crippen LogP contribution in [0.25, 0.3) is 0 Å². The highest BCUT2D eigenvalue weighted by Gasteiger charge is 2.16. The zero-order valence-electron chi connectivity index (χ0n) is 18.5. The number of rotatable bonds is 7. The number of benzene rings is 3. The topological polar surface area (TPSA) is 81.1 Å². The van der Waals surface area contributed by atoms with E-state index in [0.29, 0.717) is 23.5 Å². The molecule has 33 heavy (non-hydrogen) atoms. The average molecular weight is 460 g/mol. The normalized spacial score (nSPS) is 11.3. The number of nitrogens with one attached hydrogen (secondary N) is 1. The van der Waals surface area contributed by atoms with Crippen LogP contribution >= 0.6 is 0 Å². The first-order chi connectivity index (χ1) is 15.8. The van der Waals surface area contributed by atoms with Crippen LogP contribution in [0.2, 0.25) is 0 Å². The first-order valence-corrected chi connectivity index (χ1v) is 12.2. The highest BCUT2D eigenvalue weighted by molar-refractivity contribution is 7.90. The summed E-state index contributed by atoms with van der Waals surface area (Å²) in [4.78, 5) is 13.0. The fraction of sp³-hybridized carbons (Fsp3) is 0.154. The Labute approximate surface area is 193 Å². The van der Waals surface area contributed by atoms with E-state index in [9.17, 15) is 13.2 Å². The number of anilines is 1. The summed E-state index contributed by atoms with van der Waals surface area (Å²) in [6.07, 6.45) is 1.64. The molecule has 0 aliphatic carbocycles. The number of sulfone groups is 1. The average Bonchev–Trinajstić information content (AvgIpc) is 3.22. The van der Waals surface area contributed by atoms with E-state index in [1.165, 1.54) is 5.56 Å². The number of amides is 1. The van der Waals surface area contributed by atoms with Crippen LogP contribution in [0.1, 0.15) is 32.6 Å². The molecular formula is C26H25N3O3S. The number of hydrogen-bond acceptors (Lipinski definition) is 4. The highest BCUT2D eigenvalue weighted by Crippen LogP contribution is 2.18. The van der Waals surface area contributed by atoms with Gasteiger partial charge in [-0.15, -0.1) is 0 Å². The van der Waals surface area contributed by atoms with Gasteiger partial charge in [-0.05, 0) is 49.2 Å². The van der Waals surface area contributed by atoms with Crippen LogP contribution in [-0.2, 0) is 22.1 Å². The summed E-state index contributed by atoms with van der Waals surface area (Å²) in [6.45, 7) is 4.49. The van der Waals surface area contributed by atoms with Crippen molar-refractivity contribution in [1.29, 1.82) is 0 Å². The molecule has 0 aliphatic rings. The van der Waals surface area contributed by atoms with Gasteiger partial charge < -0.3 is 5.32 Å². The molecule has 1 heterocycles. The van der Waals surface area contributed by atoms with Gasteiger partial charge in [-0.1, -0.05) is 59.7 Å². The van der Waals surface area contributed by atoms with Crippen molar-refractivity contribution < 1.29 is 13.2 Å². The molecule has 0 unspecified atom stereocenters. The van der Waals surface area contributed by atoms with Gasteiger partial charge in [0.2, 0.25) is 0 Å². The first kappa shape index (κ1) is 22.5. The maximum Gasteiger partial charge on any atom is 0.256 e. The van der Waals surface area contributed by atoms with Crippen LogP contribution in [0.5, 0.6) is 0 Å². The number of hydrogen-bond donors (Lipinski definition) is 1. The molecule has 0 atom stereocenters. The van der Waals surface area contributed by atoms with E-state index in [0.717, 1.165) is 11.1 Å². The summed E-state index contributed by atoms with van der Waals surface area (Å²) in [6, 6.07) is 23.3. The number of aromatic nitrogens is 2. The van der Waals surface area contributed by atoms with Gasteiger partial charge in [-0.25, -0.2) is 13.1 Å². The minimum absolute atomic E-state index is 0.124. The number of carbonyl (C=O) groups excluding carboxylic acids is 1. The van der Waals surface area contributed by atoms with Gasteiger partial charge in [0.15, 0.2) is 9.84 Å². The highest BCUT2D eigenvalue weighted by atomic mass is 32.2. The Kier molecular flexibility index (Phi) is 6.42. The van der Waals surface area contributed by atoms with E-state index in [1.54, 1.807) is 65.5 Å². The molecule has 7 heteroatoms. The molecule has 0 saturated carbocycles. The molecule has 1 N–H and O–H groups in total. The Hall–Kier alpha value is -3.71. The molecular weight excluding hydrogens is 434 g/mol. The lowest BCUT2D eigenvalue weighted by Gasteiger charge is -2.10. The summed E-state index contributed by atoms with van der Waals surface area (Å²) >= 11 is 0. The smallest absolute Gasteiger partial charge is 0.256 e. The van der Waals surface area contributed by atoms with Gasteiger partial charge in [0.1, 0.15) is 5.82 Å². The van der Waals surface area contributed by atoms with Crippen molar-refractivity contribution in [3.63, 3.8) is 0 Å². The molecule has 1 aromatic heterocycles. The lowest BCUT2D eigenvalue weighted by Crippen LogP contribution is -2.16. The minimum atomic E-state index is -3.45. The summed E-state index contributed by atoms with van der Waals surface area (Å²) in [5, 5.41) is 7.19. The largest absolute Gasteiger partial charge is 0.307 e. The molecule has 6 nitrogen and oxygen atoms in total. The molecule has 4 rings (SSSR count). The summed E-state index contributed by atoms with van der Waals surface area (Å²) in [5.74, 6) is 0.182. The third kappa shape index (κ3) is 5.56. The van der Waals surface area contributed by atoms with Crippen molar-refractivity contribution in [3.8, 4) is 0 Å². The number of nitrogens with zero attached hydrogens (tertiary/aromatic N) is 2. The zero-order valence-corrected chi connectivity index (χ0v) is 19.3. The molecule has 4 aromatic rings. The van der Waals surface area contributed by atoms with Crippen molar-refractivity contribution in [1.82, 2.24) is 9.78 Å². The van der Waals surface area contributed by atoms with E-state index in [2.05, 4.69) is 10.4 Å². The molecule has 0 spiro atoms.